The van der Waals surface area contributed by atoms with Crippen LogP contribution in [0.4, 0.5) is 4.79 Å². The molecule has 0 spiro atoms. The van der Waals surface area contributed by atoms with Crippen LogP contribution in [0.2, 0.25) is 0 Å². The monoisotopic (exact) mass is 496 g/mol. The van der Waals surface area contributed by atoms with Crippen molar-refractivity contribution in [3.05, 3.63) is 76.6 Å². The Balaban J connectivity index is 1.44. The van der Waals surface area contributed by atoms with Gasteiger partial charge in [-0.1, -0.05) is 6.07 Å². The van der Waals surface area contributed by atoms with Crippen LogP contribution in [0.15, 0.2) is 43.1 Å². The van der Waals surface area contributed by atoms with Gasteiger partial charge < -0.3 is 19.9 Å². The number of aryl methyl sites for hydroxylation is 2. The fourth-order valence-electron chi connectivity index (χ4n) is 5.72. The van der Waals surface area contributed by atoms with Gasteiger partial charge in [-0.25, -0.2) is 19.7 Å². The maximum absolute atomic E-state index is 13.4. The molecule has 1 aromatic carbocycles. The number of aromatic nitrogens is 4. The predicted molar refractivity (Wildman–Crippen MR) is 138 cm³/mol. The Labute approximate surface area is 214 Å². The van der Waals surface area contributed by atoms with Crippen LogP contribution in [-0.4, -0.2) is 59.9 Å². The lowest BCUT2D eigenvalue weighted by atomic mass is 9.86. The van der Waals surface area contributed by atoms with E-state index in [1.54, 1.807) is 6.20 Å². The number of H-pyrrole nitrogens is 1. The molecule has 3 aromatic heterocycles. The molecule has 2 aliphatic rings. The summed E-state index contributed by atoms with van der Waals surface area (Å²) < 4.78 is 0. The van der Waals surface area contributed by atoms with Gasteiger partial charge in [0, 0.05) is 49.2 Å². The Kier molecular flexibility index (Phi) is 5.62. The normalized spacial score (nSPS) is 17.3. The molecule has 2 amide bonds. The van der Waals surface area contributed by atoms with Crippen molar-refractivity contribution in [2.24, 2.45) is 0 Å². The number of fused-ring (bicyclic) bond motifs is 2. The number of likely N-dealkylation sites (tertiary alicyclic amines) is 1. The lowest BCUT2D eigenvalue weighted by Gasteiger charge is -2.34. The topological polar surface area (TPSA) is 115 Å². The van der Waals surface area contributed by atoms with E-state index in [0.29, 0.717) is 37.3 Å². The first-order valence-electron chi connectivity index (χ1n) is 12.6. The van der Waals surface area contributed by atoms with Gasteiger partial charge >= 0.3 is 6.09 Å². The minimum Gasteiger partial charge on any atom is -0.465 e. The Morgan fingerprint density at radius 2 is 1.95 bits per heavy atom. The third-order valence-corrected chi connectivity index (χ3v) is 7.73. The van der Waals surface area contributed by atoms with Gasteiger partial charge in [0.1, 0.15) is 12.0 Å². The molecule has 2 aliphatic heterocycles. The Morgan fingerprint density at radius 3 is 2.76 bits per heavy atom. The summed E-state index contributed by atoms with van der Waals surface area (Å²) in [5.74, 6) is -0.0992. The minimum atomic E-state index is -0.909. The summed E-state index contributed by atoms with van der Waals surface area (Å²) in [6, 6.07) is 6.19. The van der Waals surface area contributed by atoms with Gasteiger partial charge in [-0.3, -0.25) is 4.79 Å². The molecule has 0 radical (unpaired) electrons. The standard InChI is InChI=1S/C28H28N6O3/c1-16-11-30-26-21(16)10-20(12-31-26)19-8-18-5-7-33(27(35)23-13-29-15-32-17(23)2)14-24(18)22(9-19)25-4-3-6-34(25)28(36)37/h8-13,15,25H,3-7,14H2,1-2H3,(H,30,31)(H,36,37). The van der Waals surface area contributed by atoms with Crippen LogP contribution >= 0.6 is 0 Å². The quantitative estimate of drug-likeness (QED) is 0.427. The van der Waals surface area contributed by atoms with E-state index in [9.17, 15) is 14.7 Å². The zero-order chi connectivity index (χ0) is 25.7. The molecule has 4 aromatic rings. The van der Waals surface area contributed by atoms with E-state index in [1.165, 1.54) is 11.2 Å². The fourth-order valence-corrected chi connectivity index (χ4v) is 5.72. The lowest BCUT2D eigenvalue weighted by molar-refractivity contribution is 0.0730. The van der Waals surface area contributed by atoms with Gasteiger partial charge in [0.25, 0.3) is 5.91 Å². The van der Waals surface area contributed by atoms with Crippen molar-refractivity contribution in [2.45, 2.75) is 45.7 Å². The van der Waals surface area contributed by atoms with Gasteiger partial charge in [-0.05, 0) is 73.1 Å². The molecule has 2 N–H and O–H groups in total. The summed E-state index contributed by atoms with van der Waals surface area (Å²) in [7, 11) is 0. The maximum atomic E-state index is 13.4. The molecule has 1 unspecified atom stereocenters. The number of rotatable bonds is 3. The van der Waals surface area contributed by atoms with Crippen molar-refractivity contribution in [1.29, 1.82) is 0 Å². The maximum Gasteiger partial charge on any atom is 0.407 e. The molecule has 1 saturated heterocycles. The van der Waals surface area contributed by atoms with Crippen LogP contribution in [0.25, 0.3) is 22.2 Å². The molecule has 1 fully saturated rings. The lowest BCUT2D eigenvalue weighted by Crippen LogP contribution is -2.38. The fraction of sp³-hybridized carbons (Fsp3) is 0.321. The summed E-state index contributed by atoms with van der Waals surface area (Å²) in [5.41, 5.74) is 8.32. The first kappa shape index (κ1) is 23.1. The molecule has 0 bridgehead atoms. The number of carbonyl (C=O) groups is 2. The molecule has 9 heteroatoms. The Morgan fingerprint density at radius 1 is 1.08 bits per heavy atom. The van der Waals surface area contributed by atoms with Gasteiger partial charge in [-0.2, -0.15) is 0 Å². The highest BCUT2D eigenvalue weighted by atomic mass is 16.4. The van der Waals surface area contributed by atoms with E-state index in [1.807, 2.05) is 24.2 Å². The second kappa shape index (κ2) is 8.99. The predicted octanol–water partition coefficient (Wildman–Crippen LogP) is 4.65. The molecule has 5 heterocycles. The van der Waals surface area contributed by atoms with E-state index >= 15 is 0 Å². The SMILES string of the molecule is Cc1ncncc1C(=O)N1CCc2cc(-c3cnc4[nH]cc(C)c4c3)cc(C3CCCN3C(=O)O)c2C1. The Bertz CT molecular complexity index is 1540. The third kappa shape index (κ3) is 4.00. The van der Waals surface area contributed by atoms with Crippen molar-refractivity contribution in [3.8, 4) is 11.1 Å². The summed E-state index contributed by atoms with van der Waals surface area (Å²) >= 11 is 0. The highest BCUT2D eigenvalue weighted by Gasteiger charge is 2.34. The van der Waals surface area contributed by atoms with E-state index in [0.717, 1.165) is 57.3 Å². The van der Waals surface area contributed by atoms with Crippen molar-refractivity contribution in [3.63, 3.8) is 0 Å². The van der Waals surface area contributed by atoms with Crippen LogP contribution in [-0.2, 0) is 13.0 Å². The van der Waals surface area contributed by atoms with Crippen molar-refractivity contribution in [1.82, 2.24) is 29.7 Å². The average Bonchev–Trinajstić information content (AvgIpc) is 3.55. The van der Waals surface area contributed by atoms with Gasteiger partial charge in [0.2, 0.25) is 0 Å². The highest BCUT2D eigenvalue weighted by molar-refractivity contribution is 5.95. The van der Waals surface area contributed by atoms with Crippen LogP contribution < -0.4 is 0 Å². The van der Waals surface area contributed by atoms with Crippen molar-refractivity contribution < 1.29 is 14.7 Å². The average molecular weight is 497 g/mol. The number of nitrogens with one attached hydrogen (secondary N) is 1. The number of pyridine rings is 1. The largest absolute Gasteiger partial charge is 0.465 e. The van der Waals surface area contributed by atoms with Crippen LogP contribution in [0, 0.1) is 13.8 Å². The summed E-state index contributed by atoms with van der Waals surface area (Å²) in [6.45, 7) is 5.38. The Hall–Kier alpha value is -4.27. The van der Waals surface area contributed by atoms with Crippen molar-refractivity contribution >= 4 is 23.0 Å². The molecule has 9 nitrogen and oxygen atoms in total. The number of nitrogens with zero attached hydrogens (tertiary/aromatic N) is 5. The van der Waals surface area contributed by atoms with E-state index < -0.39 is 6.09 Å². The minimum absolute atomic E-state index is 0.0992. The summed E-state index contributed by atoms with van der Waals surface area (Å²) in [4.78, 5) is 44.9. The van der Waals surface area contributed by atoms with Gasteiger partial charge in [0.15, 0.2) is 0 Å². The van der Waals surface area contributed by atoms with Gasteiger partial charge in [-0.15, -0.1) is 0 Å². The zero-order valence-corrected chi connectivity index (χ0v) is 20.9. The number of benzene rings is 1. The van der Waals surface area contributed by atoms with E-state index in [-0.39, 0.29) is 11.9 Å². The number of hydrogen-bond donors (Lipinski definition) is 2. The number of amides is 2. The van der Waals surface area contributed by atoms with Crippen LogP contribution in [0.5, 0.6) is 0 Å². The molecule has 188 valence electrons. The number of carbonyl (C=O) groups excluding carboxylic acids is 1. The summed E-state index contributed by atoms with van der Waals surface area (Å²) in [6.07, 6.45) is 8.18. The van der Waals surface area contributed by atoms with Crippen molar-refractivity contribution in [2.75, 3.05) is 13.1 Å². The molecular weight excluding hydrogens is 468 g/mol. The second-order valence-electron chi connectivity index (χ2n) is 9.93. The number of carboxylic acid groups (broad SMARTS) is 1. The van der Waals surface area contributed by atoms with Crippen LogP contribution in [0.3, 0.4) is 0 Å². The molecule has 37 heavy (non-hydrogen) atoms. The number of aromatic amines is 1. The smallest absolute Gasteiger partial charge is 0.407 e. The molecule has 6 rings (SSSR count). The third-order valence-electron chi connectivity index (χ3n) is 7.73. The molecular formula is C28H28N6O3. The molecule has 1 atom stereocenters. The van der Waals surface area contributed by atoms with Gasteiger partial charge in [0.05, 0.1) is 17.3 Å². The first-order valence-corrected chi connectivity index (χ1v) is 12.6. The van der Waals surface area contributed by atoms with Crippen LogP contribution in [0.1, 0.15) is 57.2 Å². The number of hydrogen-bond acceptors (Lipinski definition) is 5. The first-order chi connectivity index (χ1) is 17.9. The van der Waals surface area contributed by atoms with E-state index in [4.69, 9.17) is 0 Å². The molecule has 0 saturated carbocycles. The highest BCUT2D eigenvalue weighted by Crippen LogP contribution is 2.40. The van der Waals surface area contributed by atoms with E-state index in [2.05, 4.69) is 45.1 Å². The molecule has 0 aliphatic carbocycles. The second-order valence-corrected chi connectivity index (χ2v) is 9.93. The zero-order valence-electron chi connectivity index (χ0n) is 20.9. The summed E-state index contributed by atoms with van der Waals surface area (Å²) in [5, 5.41) is 11.0.